The number of fused-ring (bicyclic) bond motifs is 6. The second-order valence-electron chi connectivity index (χ2n) is 16.4. The summed E-state index contributed by atoms with van der Waals surface area (Å²) in [6.45, 7) is 0. The van der Waals surface area contributed by atoms with Gasteiger partial charge in [0.15, 0.2) is 0 Å². The van der Waals surface area contributed by atoms with Crippen molar-refractivity contribution >= 4 is 54.9 Å². The molecular weight excluding hydrogens is 841 g/mol. The Kier molecular flexibility index (Phi) is 9.17. The van der Waals surface area contributed by atoms with Gasteiger partial charge in [0.2, 0.25) is 11.9 Å². The maximum atomic E-state index is 5.31. The van der Waals surface area contributed by atoms with Crippen molar-refractivity contribution in [3.63, 3.8) is 0 Å². The van der Waals surface area contributed by atoms with Gasteiger partial charge in [-0.1, -0.05) is 193 Å². The lowest BCUT2D eigenvalue weighted by Gasteiger charge is -2.13. The number of para-hydroxylation sites is 4. The zero-order valence-corrected chi connectivity index (χ0v) is 36.6. The van der Waals surface area contributed by atoms with E-state index in [-0.39, 0.29) is 0 Å². The fourth-order valence-corrected chi connectivity index (χ4v) is 10.2. The Morgan fingerprint density at radius 2 is 0.612 bits per heavy atom. The molecule has 0 bridgehead atoms. The summed E-state index contributed by atoms with van der Waals surface area (Å²) in [6.07, 6.45) is 0. The van der Waals surface area contributed by atoms with Crippen LogP contribution in [0.25, 0.3) is 122 Å². The summed E-state index contributed by atoms with van der Waals surface area (Å²) in [6, 6.07) is 75.1. The third-order valence-electron chi connectivity index (χ3n) is 12.4. The molecule has 13 rings (SSSR count). The monoisotopic (exact) mass is 876 g/mol. The van der Waals surface area contributed by atoms with Crippen molar-refractivity contribution in [2.24, 2.45) is 0 Å². The molecule has 0 aliphatic carbocycles. The first-order chi connectivity index (χ1) is 33.2. The average molecular weight is 877 g/mol. The van der Waals surface area contributed by atoms with Crippen molar-refractivity contribution in [1.29, 1.82) is 0 Å². The largest absolute Gasteiger partial charge is 0.277 e. The fourth-order valence-electron chi connectivity index (χ4n) is 9.33. The van der Waals surface area contributed by atoms with E-state index in [9.17, 15) is 0 Å². The Morgan fingerprint density at radius 1 is 0.299 bits per heavy atom. The standard InChI is InChI=1S/C58H36N8S/c1-5-19-37(20-6-1)47-35-48(38-21-7-2-8-22-38)60-57(59-47)65-51-33-15-13-27-41(51)43-29-17-31-45(53(43)65)55-63-64-56(67-55)46-32-18-30-44-42-28-14-16-34-52(42)66(54(44)46)58-61-49(39-23-9-3-10-24-39)36-50(62-58)40-25-11-4-12-26-40/h1-36H. The molecule has 0 saturated carbocycles. The van der Waals surface area contributed by atoms with Crippen molar-refractivity contribution in [2.75, 3.05) is 0 Å². The van der Waals surface area contributed by atoms with Crippen LogP contribution in [0, 0.1) is 0 Å². The average Bonchev–Trinajstić information content (AvgIpc) is 4.13. The van der Waals surface area contributed by atoms with Gasteiger partial charge in [0.25, 0.3) is 0 Å². The summed E-state index contributed by atoms with van der Waals surface area (Å²) in [7, 11) is 0. The van der Waals surface area contributed by atoms with Gasteiger partial charge in [0.05, 0.1) is 44.8 Å². The van der Waals surface area contributed by atoms with Gasteiger partial charge in [-0.15, -0.1) is 10.2 Å². The number of benzene rings is 8. The van der Waals surface area contributed by atoms with Gasteiger partial charge >= 0.3 is 0 Å². The lowest BCUT2D eigenvalue weighted by Crippen LogP contribution is -2.04. The van der Waals surface area contributed by atoms with Crippen LogP contribution >= 0.6 is 11.3 Å². The molecule has 0 fully saturated rings. The van der Waals surface area contributed by atoms with Crippen LogP contribution in [0.4, 0.5) is 0 Å². The maximum absolute atomic E-state index is 5.31. The number of aromatic nitrogens is 8. The molecule has 5 aromatic heterocycles. The number of rotatable bonds is 8. The Labute approximate surface area is 388 Å². The van der Waals surface area contributed by atoms with Crippen LogP contribution in [0.3, 0.4) is 0 Å². The highest BCUT2D eigenvalue weighted by atomic mass is 32.1. The minimum atomic E-state index is 0.575. The van der Waals surface area contributed by atoms with Gasteiger partial charge in [0, 0.05) is 54.9 Å². The van der Waals surface area contributed by atoms with Crippen LogP contribution in [0.5, 0.6) is 0 Å². The van der Waals surface area contributed by atoms with Crippen molar-refractivity contribution in [3.8, 4) is 78.1 Å². The zero-order valence-electron chi connectivity index (χ0n) is 35.8. The zero-order chi connectivity index (χ0) is 44.3. The molecule has 0 aliphatic heterocycles. The molecule has 8 aromatic carbocycles. The van der Waals surface area contributed by atoms with Gasteiger partial charge in [-0.3, -0.25) is 9.13 Å². The number of hydrogen-bond acceptors (Lipinski definition) is 7. The molecule has 8 nitrogen and oxygen atoms in total. The fraction of sp³-hybridized carbons (Fsp3) is 0. The third-order valence-corrected chi connectivity index (χ3v) is 13.4. The highest BCUT2D eigenvalue weighted by Crippen LogP contribution is 2.43. The number of nitrogens with zero attached hydrogens (tertiary/aromatic N) is 8. The van der Waals surface area contributed by atoms with E-state index >= 15 is 0 Å². The molecule has 9 heteroatoms. The van der Waals surface area contributed by atoms with E-state index in [4.69, 9.17) is 30.1 Å². The summed E-state index contributed by atoms with van der Waals surface area (Å²) in [5.41, 5.74) is 13.2. The van der Waals surface area contributed by atoms with Crippen molar-refractivity contribution in [3.05, 3.63) is 218 Å². The minimum Gasteiger partial charge on any atom is -0.277 e. The van der Waals surface area contributed by atoms with Gasteiger partial charge in [0.1, 0.15) is 10.0 Å². The smallest absolute Gasteiger partial charge is 0.235 e. The summed E-state index contributed by atoms with van der Waals surface area (Å²) >= 11 is 1.57. The maximum Gasteiger partial charge on any atom is 0.235 e. The van der Waals surface area contributed by atoms with E-state index in [1.807, 2.05) is 72.8 Å². The topological polar surface area (TPSA) is 87.2 Å². The molecule has 13 aromatic rings. The molecular formula is C58H36N8S. The summed E-state index contributed by atoms with van der Waals surface area (Å²) in [5.74, 6) is 1.15. The molecule has 0 radical (unpaired) electrons. The van der Waals surface area contributed by atoms with Crippen LogP contribution in [0.15, 0.2) is 218 Å². The molecule has 0 saturated heterocycles. The molecule has 0 atom stereocenters. The van der Waals surface area contributed by atoms with Gasteiger partial charge in [-0.25, -0.2) is 19.9 Å². The highest BCUT2D eigenvalue weighted by Gasteiger charge is 2.24. The molecule has 0 N–H and O–H groups in total. The Hall–Kier alpha value is -8.92. The second-order valence-corrected chi connectivity index (χ2v) is 17.3. The van der Waals surface area contributed by atoms with Crippen LogP contribution in [0.2, 0.25) is 0 Å². The molecule has 314 valence electrons. The van der Waals surface area contributed by atoms with Crippen molar-refractivity contribution < 1.29 is 0 Å². The Morgan fingerprint density at radius 3 is 0.970 bits per heavy atom. The van der Waals surface area contributed by atoms with E-state index in [2.05, 4.69) is 155 Å². The first-order valence-electron chi connectivity index (χ1n) is 22.1. The lowest BCUT2D eigenvalue weighted by molar-refractivity contribution is 0.994. The summed E-state index contributed by atoms with van der Waals surface area (Å²) < 4.78 is 4.39. The Bertz CT molecular complexity index is 3600. The quantitative estimate of drug-likeness (QED) is 0.151. The van der Waals surface area contributed by atoms with Crippen LogP contribution in [0.1, 0.15) is 0 Å². The van der Waals surface area contributed by atoms with Crippen molar-refractivity contribution in [2.45, 2.75) is 0 Å². The lowest BCUT2D eigenvalue weighted by atomic mass is 10.1. The van der Waals surface area contributed by atoms with Crippen LogP contribution < -0.4 is 0 Å². The predicted octanol–water partition coefficient (Wildman–Crippen LogP) is 14.3. The molecule has 67 heavy (non-hydrogen) atoms. The van der Waals surface area contributed by atoms with Crippen molar-refractivity contribution in [1.82, 2.24) is 39.3 Å². The summed E-state index contributed by atoms with van der Waals surface area (Å²) in [5, 5.41) is 15.9. The molecule has 0 amide bonds. The predicted molar refractivity (Wildman–Crippen MR) is 272 cm³/mol. The van der Waals surface area contributed by atoms with Gasteiger partial charge < -0.3 is 0 Å². The second kappa shape index (κ2) is 16.0. The third kappa shape index (κ3) is 6.59. The van der Waals surface area contributed by atoms with Gasteiger partial charge in [-0.05, 0) is 36.4 Å². The van der Waals surface area contributed by atoms with Crippen LogP contribution in [-0.2, 0) is 0 Å². The number of hydrogen-bond donors (Lipinski definition) is 0. The molecule has 0 unspecified atom stereocenters. The van der Waals surface area contributed by atoms with E-state index < -0.39 is 0 Å². The van der Waals surface area contributed by atoms with E-state index in [1.165, 1.54) is 0 Å². The highest BCUT2D eigenvalue weighted by molar-refractivity contribution is 7.18. The molecule has 0 spiro atoms. The SMILES string of the molecule is c1ccc(-c2cc(-c3ccccc3)nc(-n3c4ccccc4c4cccc(-c5nnc(-c6cccc7c8ccccc8n(-c8nc(-c9ccccc9)cc(-c9ccccc9)n8)c67)s5)c43)n2)cc1. The minimum absolute atomic E-state index is 0.575. The summed E-state index contributed by atoms with van der Waals surface area (Å²) in [4.78, 5) is 21.2. The Balaban J connectivity index is 1.02. The molecule has 0 aliphatic rings. The van der Waals surface area contributed by atoms with Gasteiger partial charge in [-0.2, -0.15) is 0 Å². The first-order valence-corrected chi connectivity index (χ1v) is 22.9. The molecule has 5 heterocycles. The first kappa shape index (κ1) is 38.5. The van der Waals surface area contributed by atoms with E-state index in [1.54, 1.807) is 11.3 Å². The normalized spacial score (nSPS) is 11.6. The van der Waals surface area contributed by atoms with E-state index in [0.717, 1.165) is 110 Å². The van der Waals surface area contributed by atoms with E-state index in [0.29, 0.717) is 11.9 Å². The van der Waals surface area contributed by atoms with Crippen LogP contribution in [-0.4, -0.2) is 39.3 Å².